The Morgan fingerprint density at radius 2 is 1.68 bits per heavy atom. The average Bonchev–Trinajstić information content (AvgIpc) is 3.17. The van der Waals surface area contributed by atoms with Crippen molar-refractivity contribution in [2.45, 2.75) is 85.0 Å². The van der Waals surface area contributed by atoms with Crippen LogP contribution in [0.5, 0.6) is 0 Å². The summed E-state index contributed by atoms with van der Waals surface area (Å²) in [5.74, 6) is 0.135. The fourth-order valence-electron chi connectivity index (χ4n) is 5.62. The second-order valence-electron chi connectivity index (χ2n) is 9.45. The number of benzene rings is 1. The fraction of sp³-hybridized carbons (Fsp3) is 0.640. The van der Waals surface area contributed by atoms with Gasteiger partial charge in [-0.2, -0.15) is 0 Å². The number of ketones is 3. The van der Waals surface area contributed by atoms with E-state index in [1.165, 1.54) is 25.7 Å². The van der Waals surface area contributed by atoms with Crippen LogP contribution in [0.25, 0.3) is 0 Å². The van der Waals surface area contributed by atoms with Gasteiger partial charge in [0.25, 0.3) is 0 Å². The van der Waals surface area contributed by atoms with Crippen molar-refractivity contribution in [1.29, 1.82) is 0 Å². The van der Waals surface area contributed by atoms with Gasteiger partial charge in [0.05, 0.1) is 0 Å². The third kappa shape index (κ3) is 4.61. The highest BCUT2D eigenvalue weighted by Crippen LogP contribution is 2.38. The zero-order chi connectivity index (χ0) is 20.4. The number of carbonyl (C=O) groups excluding carboxylic acids is 3. The maximum atomic E-state index is 13.0. The summed E-state index contributed by atoms with van der Waals surface area (Å²) < 4.78 is 0. The predicted octanol–water partition coefficient (Wildman–Crippen LogP) is 5.42. The molecule has 2 fully saturated rings. The normalized spacial score (nSPS) is 24.1. The van der Waals surface area contributed by atoms with Gasteiger partial charge >= 0.3 is 0 Å². The quantitative estimate of drug-likeness (QED) is 0.592. The van der Waals surface area contributed by atoms with Crippen LogP contribution in [0, 0.1) is 38.5 Å². The van der Waals surface area contributed by atoms with Crippen molar-refractivity contribution in [2.24, 2.45) is 17.8 Å². The maximum absolute atomic E-state index is 13.0. The number of carbonyl (C=O) groups is 3. The monoisotopic (exact) mass is 382 g/mol. The molecule has 3 unspecified atom stereocenters. The van der Waals surface area contributed by atoms with E-state index in [9.17, 15) is 14.4 Å². The number of rotatable bonds is 7. The SMILES string of the molecule is Cc1cc(C)c(C2C(=O)CC(CC(=O)CC(C)CC3CCCC3)C2=O)c(C)c1. The molecule has 2 aliphatic rings. The van der Waals surface area contributed by atoms with Crippen LogP contribution in [0.4, 0.5) is 0 Å². The summed E-state index contributed by atoms with van der Waals surface area (Å²) in [6, 6.07) is 4.07. The molecule has 0 bridgehead atoms. The third-order valence-electron chi connectivity index (χ3n) is 6.74. The van der Waals surface area contributed by atoms with Crippen LogP contribution in [0.1, 0.15) is 86.5 Å². The van der Waals surface area contributed by atoms with E-state index in [4.69, 9.17) is 0 Å². The Bertz CT molecular complexity index is 747. The largest absolute Gasteiger partial charge is 0.300 e. The molecule has 0 heterocycles. The van der Waals surface area contributed by atoms with E-state index in [2.05, 4.69) is 6.92 Å². The standard InChI is InChI=1S/C25H34O3/c1-15-9-17(3)23(18(4)10-15)24-22(27)14-20(25(24)28)13-21(26)12-16(2)11-19-7-5-6-8-19/h9-10,16,19-20,24H,5-8,11-14H2,1-4H3. The molecule has 0 amide bonds. The Hall–Kier alpha value is -1.77. The summed E-state index contributed by atoms with van der Waals surface area (Å²) in [7, 11) is 0. The first kappa shape index (κ1) is 21.0. The minimum Gasteiger partial charge on any atom is -0.300 e. The van der Waals surface area contributed by atoms with E-state index < -0.39 is 11.8 Å². The van der Waals surface area contributed by atoms with Gasteiger partial charge in [-0.15, -0.1) is 0 Å². The molecule has 0 N–H and O–H groups in total. The molecule has 0 saturated heterocycles. The number of hydrogen-bond acceptors (Lipinski definition) is 3. The molecule has 2 saturated carbocycles. The summed E-state index contributed by atoms with van der Waals surface area (Å²) in [6.45, 7) is 8.12. The zero-order valence-corrected chi connectivity index (χ0v) is 17.8. The smallest absolute Gasteiger partial charge is 0.151 e. The first-order valence-corrected chi connectivity index (χ1v) is 10.9. The Kier molecular flexibility index (Phi) is 6.52. The second kappa shape index (κ2) is 8.71. The Labute approximate surface area is 169 Å². The molecular weight excluding hydrogens is 348 g/mol. The van der Waals surface area contributed by atoms with Gasteiger partial charge in [0.2, 0.25) is 0 Å². The van der Waals surface area contributed by atoms with Gasteiger partial charge in [-0.05, 0) is 55.7 Å². The van der Waals surface area contributed by atoms with E-state index in [-0.39, 0.29) is 30.2 Å². The second-order valence-corrected chi connectivity index (χ2v) is 9.45. The van der Waals surface area contributed by atoms with Crippen LogP contribution in [0.2, 0.25) is 0 Å². The van der Waals surface area contributed by atoms with E-state index in [1.807, 2.05) is 32.9 Å². The van der Waals surface area contributed by atoms with Crippen LogP contribution >= 0.6 is 0 Å². The highest BCUT2D eigenvalue weighted by atomic mass is 16.2. The van der Waals surface area contributed by atoms with Crippen LogP contribution in [0.3, 0.4) is 0 Å². The Balaban J connectivity index is 1.62. The van der Waals surface area contributed by atoms with Crippen molar-refractivity contribution in [3.8, 4) is 0 Å². The van der Waals surface area contributed by atoms with Crippen LogP contribution < -0.4 is 0 Å². The minimum atomic E-state index is -0.672. The maximum Gasteiger partial charge on any atom is 0.151 e. The molecule has 0 aliphatic heterocycles. The molecule has 28 heavy (non-hydrogen) atoms. The summed E-state index contributed by atoms with van der Waals surface area (Å²) in [5, 5.41) is 0. The first-order valence-electron chi connectivity index (χ1n) is 10.9. The molecule has 0 spiro atoms. The van der Waals surface area contributed by atoms with Gasteiger partial charge in [-0.25, -0.2) is 0 Å². The summed E-state index contributed by atoms with van der Waals surface area (Å²) in [6.07, 6.45) is 7.36. The van der Waals surface area contributed by atoms with Gasteiger partial charge in [0, 0.05) is 25.2 Å². The molecule has 2 aliphatic carbocycles. The summed E-state index contributed by atoms with van der Waals surface area (Å²) in [5.41, 5.74) is 4.01. The molecule has 3 rings (SSSR count). The number of hydrogen-bond donors (Lipinski definition) is 0. The fourth-order valence-corrected chi connectivity index (χ4v) is 5.62. The highest BCUT2D eigenvalue weighted by Gasteiger charge is 2.43. The van der Waals surface area contributed by atoms with Crippen LogP contribution in [0.15, 0.2) is 12.1 Å². The third-order valence-corrected chi connectivity index (χ3v) is 6.74. The van der Waals surface area contributed by atoms with Crippen molar-refractivity contribution in [3.05, 3.63) is 34.4 Å². The Morgan fingerprint density at radius 3 is 2.29 bits per heavy atom. The molecule has 1 aromatic carbocycles. The predicted molar refractivity (Wildman–Crippen MR) is 111 cm³/mol. The van der Waals surface area contributed by atoms with Crippen molar-refractivity contribution in [3.63, 3.8) is 0 Å². The lowest BCUT2D eigenvalue weighted by Gasteiger charge is -2.17. The van der Waals surface area contributed by atoms with Crippen molar-refractivity contribution >= 4 is 17.3 Å². The first-order chi connectivity index (χ1) is 13.3. The molecular formula is C25H34O3. The van der Waals surface area contributed by atoms with Gasteiger partial charge in [0.15, 0.2) is 5.78 Å². The summed E-state index contributed by atoms with van der Waals surface area (Å²) in [4.78, 5) is 38.3. The zero-order valence-electron chi connectivity index (χ0n) is 17.8. The number of aryl methyl sites for hydroxylation is 3. The van der Waals surface area contributed by atoms with Gasteiger partial charge in [-0.3, -0.25) is 14.4 Å². The lowest BCUT2D eigenvalue weighted by Crippen LogP contribution is -2.20. The van der Waals surface area contributed by atoms with Crippen molar-refractivity contribution in [1.82, 2.24) is 0 Å². The molecule has 3 heteroatoms. The Morgan fingerprint density at radius 1 is 1.07 bits per heavy atom. The van der Waals surface area contributed by atoms with Crippen LogP contribution in [-0.2, 0) is 14.4 Å². The van der Waals surface area contributed by atoms with E-state index in [0.717, 1.165) is 34.6 Å². The molecule has 1 aromatic rings. The molecule has 3 nitrogen and oxygen atoms in total. The molecule has 3 atom stereocenters. The van der Waals surface area contributed by atoms with Gasteiger partial charge in [0.1, 0.15) is 17.5 Å². The lowest BCUT2D eigenvalue weighted by atomic mass is 9.85. The summed E-state index contributed by atoms with van der Waals surface area (Å²) >= 11 is 0. The van der Waals surface area contributed by atoms with E-state index in [0.29, 0.717) is 12.3 Å². The average molecular weight is 383 g/mol. The van der Waals surface area contributed by atoms with E-state index in [1.54, 1.807) is 0 Å². The lowest BCUT2D eigenvalue weighted by molar-refractivity contribution is -0.128. The van der Waals surface area contributed by atoms with Gasteiger partial charge < -0.3 is 0 Å². The van der Waals surface area contributed by atoms with Crippen LogP contribution in [-0.4, -0.2) is 17.3 Å². The van der Waals surface area contributed by atoms with Crippen molar-refractivity contribution < 1.29 is 14.4 Å². The van der Waals surface area contributed by atoms with Gasteiger partial charge in [-0.1, -0.05) is 50.3 Å². The highest BCUT2D eigenvalue weighted by molar-refractivity contribution is 6.15. The minimum absolute atomic E-state index is 0.0168. The number of Topliss-reactive ketones (excluding diaryl/α,β-unsaturated/α-hetero) is 3. The molecule has 152 valence electrons. The topological polar surface area (TPSA) is 51.2 Å². The van der Waals surface area contributed by atoms with E-state index >= 15 is 0 Å². The van der Waals surface area contributed by atoms with Crippen molar-refractivity contribution in [2.75, 3.05) is 0 Å². The molecule has 0 aromatic heterocycles. The molecule has 0 radical (unpaired) electrons.